The Bertz CT molecular complexity index is 456. The number of halogens is 1. The normalized spacial score (nSPS) is 20.9. The zero-order valence-electron chi connectivity index (χ0n) is 10.1. The highest BCUT2D eigenvalue weighted by atomic mass is 35.5. The first-order valence-electron chi connectivity index (χ1n) is 5.83. The van der Waals surface area contributed by atoms with Gasteiger partial charge in [-0.15, -0.1) is 0 Å². The van der Waals surface area contributed by atoms with Crippen molar-refractivity contribution in [2.75, 3.05) is 18.8 Å². The van der Waals surface area contributed by atoms with Crippen molar-refractivity contribution in [3.8, 4) is 0 Å². The summed E-state index contributed by atoms with van der Waals surface area (Å²) in [7, 11) is 0. The summed E-state index contributed by atoms with van der Waals surface area (Å²) >= 11 is 7.77. The third-order valence-electron chi connectivity index (χ3n) is 2.94. The van der Waals surface area contributed by atoms with Gasteiger partial charge in [-0.25, -0.2) is 0 Å². The largest absolute Gasteiger partial charge is 0.297 e. The van der Waals surface area contributed by atoms with Crippen LogP contribution in [0.1, 0.15) is 12.5 Å². The summed E-state index contributed by atoms with van der Waals surface area (Å²) in [5.41, 5.74) is 0.943. The second kappa shape index (κ2) is 5.91. The van der Waals surface area contributed by atoms with Crippen molar-refractivity contribution in [2.45, 2.75) is 18.7 Å². The molecule has 0 aromatic heterocycles. The molecule has 1 atom stereocenters. The van der Waals surface area contributed by atoms with E-state index in [1.165, 1.54) is 0 Å². The third kappa shape index (κ3) is 3.37. The van der Waals surface area contributed by atoms with Gasteiger partial charge >= 0.3 is 0 Å². The molecule has 0 radical (unpaired) electrons. The number of hydrogen-bond donors (Lipinski definition) is 0. The van der Waals surface area contributed by atoms with E-state index >= 15 is 0 Å². The minimum absolute atomic E-state index is 0.00593. The molecule has 0 amide bonds. The minimum Gasteiger partial charge on any atom is -0.297 e. The van der Waals surface area contributed by atoms with Crippen LogP contribution in [0.3, 0.4) is 0 Å². The number of hydrogen-bond acceptors (Lipinski definition) is 4. The highest BCUT2D eigenvalue weighted by Gasteiger charge is 2.18. The first kappa shape index (κ1) is 13.6. The number of benzene rings is 1. The third-order valence-corrected chi connectivity index (χ3v) is 4.39. The first-order chi connectivity index (χ1) is 8.56. The molecule has 1 aromatic rings. The summed E-state index contributed by atoms with van der Waals surface area (Å²) in [6, 6.07) is 5.05. The second-order valence-corrected chi connectivity index (χ2v) is 6.41. The monoisotopic (exact) mass is 286 g/mol. The zero-order valence-corrected chi connectivity index (χ0v) is 11.7. The molecule has 0 spiro atoms. The lowest BCUT2D eigenvalue weighted by atomic mass is 10.2. The van der Waals surface area contributed by atoms with Crippen LogP contribution in [0, 0.1) is 10.1 Å². The van der Waals surface area contributed by atoms with Crippen molar-refractivity contribution in [1.82, 2.24) is 4.90 Å². The van der Waals surface area contributed by atoms with Crippen LogP contribution >= 0.6 is 23.4 Å². The molecule has 6 heteroatoms. The van der Waals surface area contributed by atoms with Crippen molar-refractivity contribution in [2.24, 2.45) is 0 Å². The molecule has 18 heavy (non-hydrogen) atoms. The Morgan fingerprint density at radius 1 is 1.61 bits per heavy atom. The van der Waals surface area contributed by atoms with E-state index in [1.54, 1.807) is 12.1 Å². The number of nitro benzene ring substituents is 1. The van der Waals surface area contributed by atoms with Crippen LogP contribution in [0.5, 0.6) is 0 Å². The van der Waals surface area contributed by atoms with Crippen molar-refractivity contribution < 1.29 is 4.92 Å². The Kier molecular flexibility index (Phi) is 4.48. The van der Waals surface area contributed by atoms with Crippen molar-refractivity contribution in [3.63, 3.8) is 0 Å². The fraction of sp³-hybridized carbons (Fsp3) is 0.500. The average Bonchev–Trinajstić information content (AvgIpc) is 2.31. The predicted octanol–water partition coefficient (Wildman–Crippen LogP) is 3.19. The maximum absolute atomic E-state index is 10.8. The number of rotatable bonds is 3. The molecule has 0 saturated carbocycles. The van der Waals surface area contributed by atoms with E-state index in [2.05, 4.69) is 11.8 Å². The standard InChI is InChI=1S/C12H15ClN2O2S/c1-9-7-14(4-5-18-9)8-10-2-3-11(13)12(6-10)15(16)17/h2-3,6,9H,4-5,7-8H2,1H3. The van der Waals surface area contributed by atoms with E-state index in [0.717, 1.165) is 31.0 Å². The Hall–Kier alpha value is -0.780. The highest BCUT2D eigenvalue weighted by molar-refractivity contribution is 7.99. The van der Waals surface area contributed by atoms with Gasteiger partial charge in [-0.1, -0.05) is 24.6 Å². The minimum atomic E-state index is -0.430. The maximum atomic E-state index is 10.8. The quantitative estimate of drug-likeness (QED) is 0.632. The fourth-order valence-electron chi connectivity index (χ4n) is 2.09. The lowest BCUT2D eigenvalue weighted by molar-refractivity contribution is -0.384. The van der Waals surface area contributed by atoms with Crippen molar-refractivity contribution in [3.05, 3.63) is 38.9 Å². The van der Waals surface area contributed by atoms with Crippen LogP contribution in [0.15, 0.2) is 18.2 Å². The summed E-state index contributed by atoms with van der Waals surface area (Å²) < 4.78 is 0. The lowest BCUT2D eigenvalue weighted by Gasteiger charge is -2.30. The van der Waals surface area contributed by atoms with Crippen molar-refractivity contribution >= 4 is 29.1 Å². The number of nitro groups is 1. The molecule has 98 valence electrons. The Balaban J connectivity index is 2.09. The number of nitrogens with zero attached hydrogens (tertiary/aromatic N) is 2. The van der Waals surface area contributed by atoms with Crippen LogP contribution in [-0.2, 0) is 6.54 Å². The van der Waals surface area contributed by atoms with Gasteiger partial charge in [-0.05, 0) is 11.6 Å². The molecule has 0 bridgehead atoms. The predicted molar refractivity (Wildman–Crippen MR) is 75.3 cm³/mol. The zero-order chi connectivity index (χ0) is 13.1. The van der Waals surface area contributed by atoms with Crippen LogP contribution < -0.4 is 0 Å². The number of thioether (sulfide) groups is 1. The summed E-state index contributed by atoms with van der Waals surface area (Å²) in [5, 5.41) is 11.6. The van der Waals surface area contributed by atoms with E-state index in [4.69, 9.17) is 11.6 Å². The van der Waals surface area contributed by atoms with Gasteiger partial charge in [0.2, 0.25) is 0 Å². The molecular formula is C12H15ClN2O2S. The highest BCUT2D eigenvalue weighted by Crippen LogP contribution is 2.26. The SMILES string of the molecule is CC1CN(Cc2ccc(Cl)c([N+](=O)[O-])c2)CCS1. The maximum Gasteiger partial charge on any atom is 0.288 e. The molecule has 2 rings (SSSR count). The lowest BCUT2D eigenvalue weighted by Crippen LogP contribution is -2.36. The summed E-state index contributed by atoms with van der Waals surface area (Å²) in [5.74, 6) is 1.12. The molecule has 1 aliphatic heterocycles. The first-order valence-corrected chi connectivity index (χ1v) is 7.25. The van der Waals surface area contributed by atoms with Crippen LogP contribution in [0.4, 0.5) is 5.69 Å². The van der Waals surface area contributed by atoms with Gasteiger partial charge in [0.25, 0.3) is 5.69 Å². The Morgan fingerprint density at radius 2 is 2.39 bits per heavy atom. The molecular weight excluding hydrogens is 272 g/mol. The van der Waals surface area contributed by atoms with E-state index < -0.39 is 4.92 Å². The molecule has 1 heterocycles. The summed E-state index contributed by atoms with van der Waals surface area (Å²) in [6.07, 6.45) is 0. The second-order valence-electron chi connectivity index (χ2n) is 4.46. The van der Waals surface area contributed by atoms with Gasteiger partial charge in [0, 0.05) is 36.7 Å². The molecule has 1 aliphatic rings. The smallest absolute Gasteiger partial charge is 0.288 e. The summed E-state index contributed by atoms with van der Waals surface area (Å²) in [4.78, 5) is 12.7. The molecule has 1 fully saturated rings. The van der Waals surface area contributed by atoms with Gasteiger partial charge < -0.3 is 0 Å². The van der Waals surface area contributed by atoms with Gasteiger partial charge in [0.15, 0.2) is 0 Å². The van der Waals surface area contributed by atoms with Gasteiger partial charge in [0.1, 0.15) is 5.02 Å². The van der Waals surface area contributed by atoms with E-state index in [9.17, 15) is 10.1 Å². The fourth-order valence-corrected chi connectivity index (χ4v) is 3.36. The Labute approximate surface area is 115 Å². The van der Waals surface area contributed by atoms with Gasteiger partial charge in [0.05, 0.1) is 4.92 Å². The van der Waals surface area contributed by atoms with E-state index in [1.807, 2.05) is 17.8 Å². The molecule has 1 aromatic carbocycles. The van der Waals surface area contributed by atoms with Crippen molar-refractivity contribution in [1.29, 1.82) is 0 Å². The van der Waals surface area contributed by atoms with Gasteiger partial charge in [-0.3, -0.25) is 15.0 Å². The molecule has 1 saturated heterocycles. The summed E-state index contributed by atoms with van der Waals surface area (Å²) in [6.45, 7) is 5.02. The van der Waals surface area contributed by atoms with E-state index in [-0.39, 0.29) is 10.7 Å². The van der Waals surface area contributed by atoms with Crippen LogP contribution in [-0.4, -0.2) is 33.9 Å². The van der Waals surface area contributed by atoms with Crippen LogP contribution in [0.25, 0.3) is 0 Å². The van der Waals surface area contributed by atoms with Gasteiger partial charge in [-0.2, -0.15) is 11.8 Å². The Morgan fingerprint density at radius 3 is 3.06 bits per heavy atom. The average molecular weight is 287 g/mol. The molecule has 0 N–H and O–H groups in total. The van der Waals surface area contributed by atoms with Crippen LogP contribution in [0.2, 0.25) is 5.02 Å². The molecule has 0 aliphatic carbocycles. The topological polar surface area (TPSA) is 46.4 Å². The molecule has 1 unspecified atom stereocenters. The van der Waals surface area contributed by atoms with E-state index in [0.29, 0.717) is 5.25 Å². The molecule has 4 nitrogen and oxygen atoms in total.